The largest absolute Gasteiger partial charge is 0.475 e. The molecule has 0 spiro atoms. The van der Waals surface area contributed by atoms with Crippen molar-refractivity contribution in [1.29, 1.82) is 0 Å². The number of carbonyl (C=O) groups excluding carboxylic acids is 1. The minimum atomic E-state index is -1.17. The summed E-state index contributed by atoms with van der Waals surface area (Å²) in [5, 5.41) is 8.90. The van der Waals surface area contributed by atoms with E-state index < -0.39 is 5.97 Å². The molecule has 5 nitrogen and oxygen atoms in total. The third kappa shape index (κ3) is 2.86. The SMILES string of the molecule is Cc1ccccc1[C@@H]1C[C@H](C)N(C(=O)c2ccc(C(=O)O)o2)C1. The van der Waals surface area contributed by atoms with Gasteiger partial charge in [-0.3, -0.25) is 4.79 Å². The van der Waals surface area contributed by atoms with Crippen molar-refractivity contribution in [2.24, 2.45) is 0 Å². The van der Waals surface area contributed by atoms with Gasteiger partial charge in [0.15, 0.2) is 5.76 Å². The van der Waals surface area contributed by atoms with Crippen molar-refractivity contribution < 1.29 is 19.1 Å². The summed E-state index contributed by atoms with van der Waals surface area (Å²) in [5.74, 6) is -1.25. The van der Waals surface area contributed by atoms with Gasteiger partial charge in [0.2, 0.25) is 5.76 Å². The zero-order valence-electron chi connectivity index (χ0n) is 13.2. The summed E-state index contributed by atoms with van der Waals surface area (Å²) in [7, 11) is 0. The number of carboxylic acid groups (broad SMARTS) is 1. The Kier molecular flexibility index (Phi) is 3.94. The maximum Gasteiger partial charge on any atom is 0.371 e. The highest BCUT2D eigenvalue weighted by atomic mass is 16.4. The Morgan fingerprint density at radius 3 is 2.52 bits per heavy atom. The van der Waals surface area contributed by atoms with Crippen LogP contribution in [0.5, 0.6) is 0 Å². The van der Waals surface area contributed by atoms with Crippen LogP contribution in [-0.2, 0) is 0 Å². The molecule has 0 unspecified atom stereocenters. The maximum atomic E-state index is 12.6. The van der Waals surface area contributed by atoms with Gasteiger partial charge in [0.1, 0.15) is 0 Å². The zero-order valence-corrected chi connectivity index (χ0v) is 13.2. The first kappa shape index (κ1) is 15.3. The summed E-state index contributed by atoms with van der Waals surface area (Å²) in [6.45, 7) is 4.71. The van der Waals surface area contributed by atoms with E-state index in [1.54, 1.807) is 4.90 Å². The normalized spacial score (nSPS) is 20.7. The van der Waals surface area contributed by atoms with Gasteiger partial charge in [0.25, 0.3) is 5.91 Å². The molecule has 0 aliphatic carbocycles. The second-order valence-electron chi connectivity index (χ2n) is 6.06. The predicted molar refractivity (Wildman–Crippen MR) is 84.7 cm³/mol. The Hall–Kier alpha value is -2.56. The summed E-state index contributed by atoms with van der Waals surface area (Å²) in [6, 6.07) is 11.0. The number of benzene rings is 1. The van der Waals surface area contributed by atoms with Gasteiger partial charge < -0.3 is 14.4 Å². The second kappa shape index (κ2) is 5.91. The van der Waals surface area contributed by atoms with E-state index in [9.17, 15) is 9.59 Å². The van der Waals surface area contributed by atoms with E-state index in [2.05, 4.69) is 19.1 Å². The van der Waals surface area contributed by atoms with Crippen LogP contribution in [-0.4, -0.2) is 34.5 Å². The van der Waals surface area contributed by atoms with Crippen molar-refractivity contribution in [1.82, 2.24) is 4.90 Å². The number of aromatic carboxylic acids is 1. The van der Waals surface area contributed by atoms with Crippen molar-refractivity contribution in [3.8, 4) is 0 Å². The second-order valence-corrected chi connectivity index (χ2v) is 6.06. The first-order valence-corrected chi connectivity index (χ1v) is 7.67. The van der Waals surface area contributed by atoms with E-state index in [0.29, 0.717) is 12.5 Å². The van der Waals surface area contributed by atoms with Crippen LogP contribution >= 0.6 is 0 Å². The van der Waals surface area contributed by atoms with Gasteiger partial charge in [-0.1, -0.05) is 24.3 Å². The molecule has 1 aromatic carbocycles. The van der Waals surface area contributed by atoms with E-state index >= 15 is 0 Å². The number of nitrogens with zero attached hydrogens (tertiary/aromatic N) is 1. The van der Waals surface area contributed by atoms with Crippen LogP contribution in [0.3, 0.4) is 0 Å². The first-order chi connectivity index (χ1) is 11.0. The molecule has 1 aliphatic heterocycles. The quantitative estimate of drug-likeness (QED) is 0.943. The fourth-order valence-electron chi connectivity index (χ4n) is 3.29. The number of carbonyl (C=O) groups is 2. The maximum absolute atomic E-state index is 12.6. The molecule has 1 aliphatic rings. The van der Waals surface area contributed by atoms with Crippen molar-refractivity contribution in [3.63, 3.8) is 0 Å². The van der Waals surface area contributed by atoms with Crippen LogP contribution in [0.25, 0.3) is 0 Å². The van der Waals surface area contributed by atoms with Crippen LogP contribution in [0.1, 0.15) is 51.5 Å². The predicted octanol–water partition coefficient (Wildman–Crippen LogP) is 3.30. The number of likely N-dealkylation sites (tertiary alicyclic amines) is 1. The number of aryl methyl sites for hydroxylation is 1. The first-order valence-electron chi connectivity index (χ1n) is 7.67. The van der Waals surface area contributed by atoms with E-state index in [0.717, 1.165) is 6.42 Å². The molecule has 1 aromatic heterocycles. The molecule has 0 saturated carbocycles. The summed E-state index contributed by atoms with van der Waals surface area (Å²) in [6.07, 6.45) is 0.892. The fourth-order valence-corrected chi connectivity index (χ4v) is 3.29. The molecule has 1 fully saturated rings. The molecule has 5 heteroatoms. The molecule has 1 amide bonds. The smallest absolute Gasteiger partial charge is 0.371 e. The topological polar surface area (TPSA) is 70.8 Å². The monoisotopic (exact) mass is 313 g/mol. The molecule has 120 valence electrons. The average molecular weight is 313 g/mol. The Morgan fingerprint density at radius 1 is 1.17 bits per heavy atom. The molecule has 2 heterocycles. The highest BCUT2D eigenvalue weighted by Gasteiger charge is 2.35. The Balaban J connectivity index is 1.79. The number of furan rings is 1. The van der Waals surface area contributed by atoms with Gasteiger partial charge in [-0.2, -0.15) is 0 Å². The van der Waals surface area contributed by atoms with E-state index in [1.807, 2.05) is 19.1 Å². The average Bonchev–Trinajstić information content (AvgIpc) is 3.14. The summed E-state index contributed by atoms with van der Waals surface area (Å²) in [5.41, 5.74) is 2.49. The lowest BCUT2D eigenvalue weighted by atomic mass is 9.93. The van der Waals surface area contributed by atoms with Crippen molar-refractivity contribution in [2.45, 2.75) is 32.2 Å². The molecular formula is C18H19NO4. The lowest BCUT2D eigenvalue weighted by molar-refractivity contribution is 0.0648. The van der Waals surface area contributed by atoms with E-state index in [4.69, 9.17) is 9.52 Å². The lowest BCUT2D eigenvalue weighted by Gasteiger charge is -2.20. The number of amides is 1. The van der Waals surface area contributed by atoms with Gasteiger partial charge in [-0.25, -0.2) is 4.79 Å². The highest BCUT2D eigenvalue weighted by Crippen LogP contribution is 2.34. The molecular weight excluding hydrogens is 294 g/mol. The number of rotatable bonds is 3. The van der Waals surface area contributed by atoms with Crippen LogP contribution < -0.4 is 0 Å². The van der Waals surface area contributed by atoms with Gasteiger partial charge >= 0.3 is 5.97 Å². The van der Waals surface area contributed by atoms with Crippen LogP contribution in [0.2, 0.25) is 0 Å². The number of hydrogen-bond donors (Lipinski definition) is 1. The lowest BCUT2D eigenvalue weighted by Crippen LogP contribution is -2.33. The van der Waals surface area contributed by atoms with Crippen LogP contribution in [0.4, 0.5) is 0 Å². The highest BCUT2D eigenvalue weighted by molar-refractivity contribution is 5.94. The van der Waals surface area contributed by atoms with Gasteiger partial charge in [-0.15, -0.1) is 0 Å². The van der Waals surface area contributed by atoms with Gasteiger partial charge in [0, 0.05) is 18.5 Å². The van der Waals surface area contributed by atoms with Crippen molar-refractivity contribution in [3.05, 3.63) is 59.0 Å². The van der Waals surface area contributed by atoms with Crippen LogP contribution in [0.15, 0.2) is 40.8 Å². The third-order valence-electron chi connectivity index (χ3n) is 4.49. The zero-order chi connectivity index (χ0) is 16.6. The van der Waals surface area contributed by atoms with Crippen molar-refractivity contribution >= 4 is 11.9 Å². The summed E-state index contributed by atoms with van der Waals surface area (Å²) >= 11 is 0. The summed E-state index contributed by atoms with van der Waals surface area (Å²) < 4.78 is 5.14. The Morgan fingerprint density at radius 2 is 1.87 bits per heavy atom. The third-order valence-corrected chi connectivity index (χ3v) is 4.49. The molecule has 2 aromatic rings. The van der Waals surface area contributed by atoms with Crippen molar-refractivity contribution in [2.75, 3.05) is 6.54 Å². The van der Waals surface area contributed by atoms with Crippen LogP contribution in [0, 0.1) is 6.92 Å². The van der Waals surface area contributed by atoms with E-state index in [-0.39, 0.29) is 23.5 Å². The molecule has 3 rings (SSSR count). The van der Waals surface area contributed by atoms with E-state index in [1.165, 1.54) is 23.3 Å². The fraction of sp³-hybridized carbons (Fsp3) is 0.333. The van der Waals surface area contributed by atoms with Gasteiger partial charge in [-0.05, 0) is 43.5 Å². The molecule has 0 radical (unpaired) electrons. The Bertz CT molecular complexity index is 749. The molecule has 1 saturated heterocycles. The van der Waals surface area contributed by atoms with Gasteiger partial charge in [0.05, 0.1) is 0 Å². The minimum absolute atomic E-state index is 0.0830. The molecule has 23 heavy (non-hydrogen) atoms. The Labute approximate surface area is 134 Å². The standard InChI is InChI=1S/C18H19NO4/c1-11-5-3-4-6-14(11)13-9-12(2)19(10-13)17(20)15-7-8-16(23-15)18(21)22/h3-8,12-13H,9-10H2,1-2H3,(H,21,22)/t12-,13+/m0/s1. The number of hydrogen-bond acceptors (Lipinski definition) is 3. The molecule has 1 N–H and O–H groups in total. The molecule has 0 bridgehead atoms. The summed E-state index contributed by atoms with van der Waals surface area (Å²) in [4.78, 5) is 25.2. The number of carboxylic acids is 1. The molecule has 2 atom stereocenters. The minimum Gasteiger partial charge on any atom is -0.475 e.